The van der Waals surface area contributed by atoms with Gasteiger partial charge in [-0.05, 0) is 199 Å². The fourth-order valence-electron chi connectivity index (χ4n) is 16.6. The fourth-order valence-corrected chi connectivity index (χ4v) is 16.6. The molecule has 18 rings (SSSR count). The minimum Gasteiger partial charge on any atom is -0.311 e. The van der Waals surface area contributed by atoms with Crippen LogP contribution in [-0.2, 0) is 11.8 Å². The second-order valence-electron chi connectivity index (χ2n) is 25.6. The largest absolute Gasteiger partial charge is 0.311 e. The number of para-hydroxylation sites is 5. The van der Waals surface area contributed by atoms with Crippen LogP contribution in [0.15, 0.2) is 345 Å². The van der Waals surface area contributed by atoms with Crippen molar-refractivity contribution in [2.75, 3.05) is 9.80 Å². The minimum absolute atomic E-state index is 0.0147. The van der Waals surface area contributed by atoms with Gasteiger partial charge in [-0.15, -0.1) is 0 Å². The Kier molecular flexibility index (Phi) is 13.3. The molecule has 1 aliphatic heterocycles. The lowest BCUT2D eigenvalue weighted by atomic mass is 9.62. The summed E-state index contributed by atoms with van der Waals surface area (Å²) in [6, 6.07) is 115. The maximum Gasteiger partial charge on any atom is 0.0717 e. The Morgan fingerprint density at radius 2 is 0.903 bits per heavy atom. The molecule has 3 atom stereocenters. The Bertz CT molecular complexity index is 5310. The van der Waals surface area contributed by atoms with Crippen LogP contribution in [0.25, 0.3) is 60.2 Å². The van der Waals surface area contributed by atoms with E-state index in [1.54, 1.807) is 0 Å². The summed E-state index contributed by atoms with van der Waals surface area (Å²) in [4.78, 5) is 4.78. The van der Waals surface area contributed by atoms with E-state index in [0.717, 1.165) is 60.5 Å². The summed E-state index contributed by atoms with van der Waals surface area (Å²) in [7, 11) is 0. The molecule has 4 aliphatic rings. The van der Waals surface area contributed by atoms with Gasteiger partial charge in [0.25, 0.3) is 0 Å². The third-order valence-corrected chi connectivity index (χ3v) is 20.6. The highest BCUT2D eigenvalue weighted by molar-refractivity contribution is 6.14. The van der Waals surface area contributed by atoms with E-state index in [2.05, 4.69) is 348 Å². The van der Waals surface area contributed by atoms with Crippen LogP contribution in [-0.4, -0.2) is 4.57 Å². The second kappa shape index (κ2) is 22.6. The van der Waals surface area contributed by atoms with Gasteiger partial charge in [0.1, 0.15) is 0 Å². The van der Waals surface area contributed by atoms with Crippen molar-refractivity contribution in [2.45, 2.75) is 49.4 Å². The molecular formula is C90H67N3. The molecule has 3 unspecified atom stereocenters. The number of hydrogen-bond acceptors (Lipinski definition) is 2. The molecule has 0 bridgehead atoms. The van der Waals surface area contributed by atoms with Gasteiger partial charge in [-0.3, -0.25) is 0 Å². The topological polar surface area (TPSA) is 11.4 Å². The average Bonchev–Trinajstić information content (AvgIpc) is 1.52. The molecular weight excluding hydrogens is 1120 g/mol. The summed E-state index contributed by atoms with van der Waals surface area (Å²) in [5.74, 6) is -0.0788. The third-order valence-electron chi connectivity index (χ3n) is 20.6. The van der Waals surface area contributed by atoms with Gasteiger partial charge in [0.15, 0.2) is 0 Å². The molecule has 93 heavy (non-hydrogen) atoms. The van der Waals surface area contributed by atoms with Crippen molar-refractivity contribution in [3.05, 3.63) is 395 Å². The average molecular weight is 1190 g/mol. The number of hydrogen-bond donors (Lipinski definition) is 0. The van der Waals surface area contributed by atoms with Gasteiger partial charge >= 0.3 is 0 Å². The van der Waals surface area contributed by atoms with Crippen LogP contribution in [0, 0.1) is 0 Å². The summed E-state index contributed by atoms with van der Waals surface area (Å²) >= 11 is 0. The molecule has 3 heteroatoms. The van der Waals surface area contributed by atoms with E-state index in [9.17, 15) is 0 Å². The molecule has 2 heterocycles. The molecule has 0 saturated heterocycles. The van der Waals surface area contributed by atoms with Crippen molar-refractivity contribution >= 4 is 77.5 Å². The molecule has 0 fully saturated rings. The first-order valence-electron chi connectivity index (χ1n) is 33.1. The van der Waals surface area contributed by atoms with Crippen LogP contribution < -0.4 is 9.80 Å². The van der Waals surface area contributed by atoms with Crippen LogP contribution in [0.3, 0.4) is 0 Å². The predicted molar refractivity (Wildman–Crippen MR) is 390 cm³/mol. The summed E-state index contributed by atoms with van der Waals surface area (Å²) in [6.45, 7) is 0. The Hall–Kier alpha value is -11.3. The first-order chi connectivity index (χ1) is 46.2. The van der Waals surface area contributed by atoms with Crippen molar-refractivity contribution < 1.29 is 0 Å². The van der Waals surface area contributed by atoms with E-state index in [1.807, 2.05) is 0 Å². The fraction of sp³-hybridized carbons (Fsp3) is 0.0889. The number of fused-ring (bicyclic) bond motifs is 13. The molecule has 3 aliphatic carbocycles. The zero-order valence-corrected chi connectivity index (χ0v) is 51.8. The molecule has 0 saturated carbocycles. The molecule has 0 N–H and O–H groups in total. The SMILES string of the molecule is C1=CC(N(c2ccccc2)c2ccc(C(c3ccc4c(c3)C3(C5=C(C=CCC5)n5c6ccccc6c6cccc3c65)c3cc(C(Cc5cccc6ccccc56)c5ccc(N(c6ccccc6)c6ccccc6)cc5)ccc3-4)c3cccc4ccccc34)cc2)=CCC1. The van der Waals surface area contributed by atoms with Crippen molar-refractivity contribution in [1.82, 2.24) is 4.57 Å². The monoisotopic (exact) mass is 1190 g/mol. The molecule has 3 nitrogen and oxygen atoms in total. The Balaban J connectivity index is 0.861. The summed E-state index contributed by atoms with van der Waals surface area (Å²) in [5.41, 5.74) is 26.1. The highest BCUT2D eigenvalue weighted by atomic mass is 15.1. The summed E-state index contributed by atoms with van der Waals surface area (Å²) in [5, 5.41) is 7.66. The number of rotatable bonds is 13. The van der Waals surface area contributed by atoms with E-state index in [1.165, 1.54) is 122 Å². The molecule has 442 valence electrons. The third kappa shape index (κ3) is 8.93. The van der Waals surface area contributed by atoms with Gasteiger partial charge in [-0.1, -0.05) is 255 Å². The van der Waals surface area contributed by atoms with Gasteiger partial charge in [-0.2, -0.15) is 0 Å². The number of nitrogens with zero attached hydrogens (tertiary/aromatic N) is 3. The van der Waals surface area contributed by atoms with E-state index in [0.29, 0.717) is 0 Å². The lowest BCUT2D eigenvalue weighted by molar-refractivity contribution is 0.679. The summed E-state index contributed by atoms with van der Waals surface area (Å²) < 4.78 is 2.62. The minimum atomic E-state index is -0.634. The van der Waals surface area contributed by atoms with Gasteiger partial charge in [0.05, 0.1) is 16.4 Å². The van der Waals surface area contributed by atoms with Gasteiger partial charge < -0.3 is 14.4 Å². The van der Waals surface area contributed by atoms with Crippen molar-refractivity contribution in [2.24, 2.45) is 0 Å². The van der Waals surface area contributed by atoms with E-state index in [4.69, 9.17) is 0 Å². The van der Waals surface area contributed by atoms with Gasteiger partial charge in [0.2, 0.25) is 0 Å². The number of benzene rings is 13. The maximum absolute atomic E-state index is 2.68. The van der Waals surface area contributed by atoms with E-state index in [-0.39, 0.29) is 11.8 Å². The first kappa shape index (κ1) is 54.7. The van der Waals surface area contributed by atoms with Crippen LogP contribution in [0.4, 0.5) is 28.4 Å². The van der Waals surface area contributed by atoms with Crippen molar-refractivity contribution in [3.8, 4) is 11.1 Å². The Morgan fingerprint density at radius 1 is 0.376 bits per heavy atom. The highest BCUT2D eigenvalue weighted by Crippen LogP contribution is 2.63. The normalized spacial score (nSPS) is 15.9. The molecule has 0 amide bonds. The standard InChI is InChI=1S/C90H67N3/c1-5-29-68(30-6-1)91(69-31-7-2-8-32-69)72-52-46-63(47-53-72)81(58-65-28-21-26-61-24-13-15-37-74(61)65)66-50-56-76-77-57-51-67(60-85(77)90(84(76)59-66)82-42-18-20-45-87(82)93-86-44-19-17-39-78(86)80-41-23-43-83(90)89(80)93)88(79-40-22-27-62-25-14-16-38-75(62)79)64-48-54-73(55-49-64)92(70-33-9-3-10-34-70)71-35-11-4-12-36-71/h1-3,5-11,13-17,19-41,43-57,59-60,81,88H,4,12,18,42,58H2. The second-order valence-corrected chi connectivity index (χ2v) is 25.6. The van der Waals surface area contributed by atoms with E-state index >= 15 is 0 Å². The van der Waals surface area contributed by atoms with Gasteiger partial charge in [0, 0.05) is 62.4 Å². The number of allylic oxidation sites excluding steroid dienone is 7. The predicted octanol–water partition coefficient (Wildman–Crippen LogP) is 23.4. The lowest BCUT2D eigenvalue weighted by Gasteiger charge is -2.42. The summed E-state index contributed by atoms with van der Waals surface area (Å²) in [6.07, 6.45) is 16.7. The zero-order valence-electron chi connectivity index (χ0n) is 51.8. The van der Waals surface area contributed by atoms with Crippen LogP contribution in [0.2, 0.25) is 0 Å². The number of aromatic nitrogens is 1. The highest BCUT2D eigenvalue weighted by Gasteiger charge is 2.52. The Labute approximate surface area is 544 Å². The number of anilines is 5. The van der Waals surface area contributed by atoms with Crippen LogP contribution in [0.1, 0.15) is 87.6 Å². The first-order valence-corrected chi connectivity index (χ1v) is 33.1. The van der Waals surface area contributed by atoms with Crippen molar-refractivity contribution in [1.29, 1.82) is 0 Å². The van der Waals surface area contributed by atoms with Crippen LogP contribution >= 0.6 is 0 Å². The lowest BCUT2D eigenvalue weighted by Crippen LogP contribution is -2.35. The van der Waals surface area contributed by atoms with Crippen LogP contribution in [0.5, 0.6) is 0 Å². The maximum atomic E-state index is 2.68. The zero-order chi connectivity index (χ0) is 61.4. The van der Waals surface area contributed by atoms with E-state index < -0.39 is 5.41 Å². The molecule has 1 aromatic heterocycles. The molecule has 0 radical (unpaired) electrons. The Morgan fingerprint density at radius 3 is 1.60 bits per heavy atom. The molecule has 1 spiro atoms. The quantitative estimate of drug-likeness (QED) is 0.107. The van der Waals surface area contributed by atoms with Crippen molar-refractivity contribution in [3.63, 3.8) is 0 Å². The van der Waals surface area contributed by atoms with Gasteiger partial charge in [-0.25, -0.2) is 0 Å². The molecule has 13 aromatic carbocycles. The smallest absolute Gasteiger partial charge is 0.0717 e. The molecule has 14 aromatic rings.